The highest BCUT2D eigenvalue weighted by molar-refractivity contribution is 6.04. The van der Waals surface area contributed by atoms with Gasteiger partial charge in [0.15, 0.2) is 11.5 Å². The van der Waals surface area contributed by atoms with Crippen LogP contribution in [0, 0.1) is 10.1 Å². The van der Waals surface area contributed by atoms with Crippen molar-refractivity contribution in [3.8, 4) is 11.5 Å². The van der Waals surface area contributed by atoms with Gasteiger partial charge in [0, 0.05) is 6.20 Å². The van der Waals surface area contributed by atoms with Crippen molar-refractivity contribution in [2.24, 2.45) is 0 Å². The van der Waals surface area contributed by atoms with Crippen LogP contribution in [0.3, 0.4) is 0 Å². The number of hydrogen-bond acceptors (Lipinski definition) is 6. The molecule has 4 aromatic heterocycles. The number of hydrogen-bond donors (Lipinski definition) is 1. The van der Waals surface area contributed by atoms with Crippen molar-refractivity contribution in [3.05, 3.63) is 70.8 Å². The first-order chi connectivity index (χ1) is 12.1. The van der Waals surface area contributed by atoms with E-state index in [-0.39, 0.29) is 5.76 Å². The lowest BCUT2D eigenvalue weighted by atomic mass is 10.3. The van der Waals surface area contributed by atoms with Crippen LogP contribution in [-0.4, -0.2) is 20.2 Å². The molecule has 0 aromatic carbocycles. The predicted molar refractivity (Wildman–Crippen MR) is 86.2 cm³/mol. The molecule has 0 radical (unpaired) electrons. The first-order valence-corrected chi connectivity index (χ1v) is 7.20. The second-order valence-electron chi connectivity index (χ2n) is 5.06. The Kier molecular flexibility index (Phi) is 3.31. The molecular formula is C16H10N4O5. The van der Waals surface area contributed by atoms with Crippen LogP contribution in [-0.2, 0) is 0 Å². The number of nitrogens with zero attached hydrogens (tertiary/aromatic N) is 3. The standard InChI is InChI=1S/C16H10N4O5/c21-16(11-6-7-13(25-11)20(22)23)18-15-14(10-4-3-9-24-10)17-12-5-1-2-8-19(12)15/h1-9H,(H,18,21). The highest BCUT2D eigenvalue weighted by Crippen LogP contribution is 2.29. The number of pyridine rings is 1. The van der Waals surface area contributed by atoms with Crippen LogP contribution >= 0.6 is 0 Å². The Bertz CT molecular complexity index is 1080. The summed E-state index contributed by atoms with van der Waals surface area (Å²) in [6.45, 7) is 0. The van der Waals surface area contributed by atoms with E-state index in [0.717, 1.165) is 6.07 Å². The van der Waals surface area contributed by atoms with Gasteiger partial charge >= 0.3 is 5.88 Å². The number of aromatic nitrogens is 2. The quantitative estimate of drug-likeness (QED) is 0.450. The highest BCUT2D eigenvalue weighted by Gasteiger charge is 2.22. The molecule has 124 valence electrons. The molecule has 0 bridgehead atoms. The second-order valence-corrected chi connectivity index (χ2v) is 5.06. The molecular weight excluding hydrogens is 328 g/mol. The molecule has 1 N–H and O–H groups in total. The number of nitrogens with one attached hydrogen (secondary N) is 1. The van der Waals surface area contributed by atoms with Gasteiger partial charge in [0.05, 0.1) is 12.3 Å². The summed E-state index contributed by atoms with van der Waals surface area (Å²) in [7, 11) is 0. The third kappa shape index (κ3) is 2.53. The van der Waals surface area contributed by atoms with Gasteiger partial charge in [-0.15, -0.1) is 0 Å². The van der Waals surface area contributed by atoms with Crippen molar-refractivity contribution in [2.45, 2.75) is 0 Å². The molecule has 0 fully saturated rings. The van der Waals surface area contributed by atoms with Crippen molar-refractivity contribution in [3.63, 3.8) is 0 Å². The number of imidazole rings is 1. The molecule has 4 heterocycles. The first kappa shape index (κ1) is 14.7. The zero-order valence-electron chi connectivity index (χ0n) is 12.6. The lowest BCUT2D eigenvalue weighted by Crippen LogP contribution is -2.13. The van der Waals surface area contributed by atoms with E-state index in [0.29, 0.717) is 22.9 Å². The number of rotatable bonds is 4. The Hall–Kier alpha value is -3.88. The summed E-state index contributed by atoms with van der Waals surface area (Å²) in [5.74, 6) is -0.469. The molecule has 0 saturated heterocycles. The largest absolute Gasteiger partial charge is 0.463 e. The summed E-state index contributed by atoms with van der Waals surface area (Å²) in [6, 6.07) is 11.2. The van der Waals surface area contributed by atoms with Crippen LogP contribution in [0.5, 0.6) is 0 Å². The molecule has 0 aliphatic heterocycles. The maximum atomic E-state index is 12.4. The predicted octanol–water partition coefficient (Wildman–Crippen LogP) is 3.35. The van der Waals surface area contributed by atoms with E-state index in [2.05, 4.69) is 10.3 Å². The lowest BCUT2D eigenvalue weighted by molar-refractivity contribution is -0.402. The molecule has 0 spiro atoms. The van der Waals surface area contributed by atoms with Crippen molar-refractivity contribution >= 4 is 23.3 Å². The molecule has 25 heavy (non-hydrogen) atoms. The van der Waals surface area contributed by atoms with Crippen molar-refractivity contribution in [1.82, 2.24) is 9.38 Å². The Labute approximate surface area is 139 Å². The topological polar surface area (TPSA) is 116 Å². The summed E-state index contributed by atoms with van der Waals surface area (Å²) in [5, 5.41) is 13.4. The lowest BCUT2D eigenvalue weighted by Gasteiger charge is -2.04. The molecule has 1 amide bonds. The van der Waals surface area contributed by atoms with Gasteiger partial charge in [-0.2, -0.15) is 0 Å². The average Bonchev–Trinajstić information content (AvgIpc) is 3.34. The number of furan rings is 2. The number of amides is 1. The van der Waals surface area contributed by atoms with Crippen molar-refractivity contribution in [1.29, 1.82) is 0 Å². The molecule has 0 saturated carbocycles. The maximum absolute atomic E-state index is 12.4. The fraction of sp³-hybridized carbons (Fsp3) is 0. The van der Waals surface area contributed by atoms with Crippen LogP contribution in [0.4, 0.5) is 11.7 Å². The maximum Gasteiger partial charge on any atom is 0.433 e. The monoisotopic (exact) mass is 338 g/mol. The number of carbonyl (C=O) groups is 1. The van der Waals surface area contributed by atoms with Crippen LogP contribution in [0.2, 0.25) is 0 Å². The van der Waals surface area contributed by atoms with Crippen molar-refractivity contribution in [2.75, 3.05) is 5.32 Å². The molecule has 0 unspecified atom stereocenters. The smallest absolute Gasteiger partial charge is 0.433 e. The SMILES string of the molecule is O=C(Nc1c(-c2ccco2)nc2ccccn12)c1ccc([N+](=O)[O-])o1. The van der Waals surface area contributed by atoms with E-state index >= 15 is 0 Å². The van der Waals surface area contributed by atoms with Crippen LogP contribution < -0.4 is 5.32 Å². The molecule has 9 nitrogen and oxygen atoms in total. The van der Waals surface area contributed by atoms with Gasteiger partial charge < -0.3 is 14.2 Å². The average molecular weight is 338 g/mol. The minimum atomic E-state index is -0.709. The third-order valence-corrected chi connectivity index (χ3v) is 3.51. The normalized spacial score (nSPS) is 10.9. The van der Waals surface area contributed by atoms with E-state index < -0.39 is 16.7 Å². The Morgan fingerprint density at radius 2 is 2.08 bits per heavy atom. The Balaban J connectivity index is 1.76. The van der Waals surface area contributed by atoms with Gasteiger partial charge in [0.25, 0.3) is 5.91 Å². The number of anilines is 1. The zero-order chi connectivity index (χ0) is 17.4. The molecule has 0 aliphatic carbocycles. The number of nitro groups is 1. The van der Waals surface area contributed by atoms with Gasteiger partial charge in [0.1, 0.15) is 22.1 Å². The minimum absolute atomic E-state index is 0.178. The van der Waals surface area contributed by atoms with E-state index in [9.17, 15) is 14.9 Å². The molecule has 0 atom stereocenters. The van der Waals surface area contributed by atoms with E-state index in [1.54, 1.807) is 34.9 Å². The van der Waals surface area contributed by atoms with E-state index in [1.807, 2.05) is 6.07 Å². The summed E-state index contributed by atoms with van der Waals surface area (Å²) in [5.41, 5.74) is 1.04. The third-order valence-electron chi connectivity index (χ3n) is 3.51. The van der Waals surface area contributed by atoms with Gasteiger partial charge in [-0.3, -0.25) is 19.3 Å². The van der Waals surface area contributed by atoms with Gasteiger partial charge in [-0.05, 0) is 30.3 Å². The number of carbonyl (C=O) groups excluding carboxylic acids is 1. The molecule has 4 aromatic rings. The first-order valence-electron chi connectivity index (χ1n) is 7.20. The Morgan fingerprint density at radius 3 is 2.80 bits per heavy atom. The highest BCUT2D eigenvalue weighted by atomic mass is 16.6. The molecule has 4 rings (SSSR count). The zero-order valence-corrected chi connectivity index (χ0v) is 12.6. The van der Waals surface area contributed by atoms with Gasteiger partial charge in [-0.1, -0.05) is 6.07 Å². The Morgan fingerprint density at radius 1 is 1.20 bits per heavy atom. The van der Waals surface area contributed by atoms with Crippen LogP contribution in [0.1, 0.15) is 10.6 Å². The van der Waals surface area contributed by atoms with Gasteiger partial charge in [0.2, 0.25) is 0 Å². The fourth-order valence-corrected chi connectivity index (χ4v) is 2.42. The summed E-state index contributed by atoms with van der Waals surface area (Å²) in [6.07, 6.45) is 3.23. The van der Waals surface area contributed by atoms with E-state index in [1.165, 1.54) is 12.3 Å². The fourth-order valence-electron chi connectivity index (χ4n) is 2.42. The number of fused-ring (bicyclic) bond motifs is 1. The van der Waals surface area contributed by atoms with Crippen LogP contribution in [0.25, 0.3) is 17.1 Å². The molecule has 0 aliphatic rings. The molecule has 9 heteroatoms. The van der Waals surface area contributed by atoms with Crippen molar-refractivity contribution < 1.29 is 18.6 Å². The van der Waals surface area contributed by atoms with Crippen LogP contribution in [0.15, 0.2) is 63.8 Å². The summed E-state index contributed by atoms with van der Waals surface area (Å²) >= 11 is 0. The summed E-state index contributed by atoms with van der Waals surface area (Å²) in [4.78, 5) is 26.8. The second kappa shape index (κ2) is 5.64. The minimum Gasteiger partial charge on any atom is -0.463 e. The van der Waals surface area contributed by atoms with Gasteiger partial charge in [-0.25, -0.2) is 4.98 Å². The van der Waals surface area contributed by atoms with E-state index in [4.69, 9.17) is 8.83 Å². The summed E-state index contributed by atoms with van der Waals surface area (Å²) < 4.78 is 12.0.